The van der Waals surface area contributed by atoms with Crippen LogP contribution in [0.25, 0.3) is 0 Å². The molecule has 1 aliphatic carbocycles. The Balaban J connectivity index is 1.92. The molecule has 1 aliphatic heterocycles. The van der Waals surface area contributed by atoms with Crippen LogP contribution in [-0.4, -0.2) is 55.0 Å². The molecule has 3 unspecified atom stereocenters. The number of methoxy groups -OCH3 is 1. The third kappa shape index (κ3) is 2.53. The van der Waals surface area contributed by atoms with E-state index in [1.54, 1.807) is 7.11 Å². The van der Waals surface area contributed by atoms with Gasteiger partial charge in [-0.15, -0.1) is 0 Å². The summed E-state index contributed by atoms with van der Waals surface area (Å²) in [6.45, 7) is 5.94. The number of aliphatic hydroxyl groups is 1. The van der Waals surface area contributed by atoms with Crippen LogP contribution < -0.4 is 5.32 Å². The molecule has 3 atom stereocenters. The number of nitrogens with zero attached hydrogens (tertiary/aromatic N) is 1. The summed E-state index contributed by atoms with van der Waals surface area (Å²) >= 11 is 0. The van der Waals surface area contributed by atoms with Crippen molar-refractivity contribution in [1.82, 2.24) is 10.2 Å². The lowest BCUT2D eigenvalue weighted by molar-refractivity contribution is -0.120. The van der Waals surface area contributed by atoms with Crippen molar-refractivity contribution in [2.24, 2.45) is 11.3 Å². The van der Waals surface area contributed by atoms with Crippen LogP contribution in [0, 0.1) is 11.3 Å². The first-order valence-electron chi connectivity index (χ1n) is 7.80. The van der Waals surface area contributed by atoms with Crippen molar-refractivity contribution in [1.29, 1.82) is 0 Å². The molecular weight excluding hydrogens is 256 g/mol. The van der Waals surface area contributed by atoms with Crippen LogP contribution >= 0.6 is 0 Å². The first kappa shape index (κ1) is 15.6. The average molecular weight is 284 g/mol. The van der Waals surface area contributed by atoms with E-state index in [2.05, 4.69) is 19.2 Å². The molecule has 5 nitrogen and oxygen atoms in total. The Morgan fingerprint density at radius 1 is 1.45 bits per heavy atom. The van der Waals surface area contributed by atoms with E-state index in [1.807, 2.05) is 4.90 Å². The molecule has 2 N–H and O–H groups in total. The van der Waals surface area contributed by atoms with Crippen molar-refractivity contribution in [3.05, 3.63) is 0 Å². The molecular formula is C15H28N2O3. The summed E-state index contributed by atoms with van der Waals surface area (Å²) in [4.78, 5) is 14.1. The number of likely N-dealkylation sites (tertiary alicyclic amines) is 1. The number of rotatable bonds is 5. The maximum absolute atomic E-state index is 12.3. The van der Waals surface area contributed by atoms with Crippen molar-refractivity contribution < 1.29 is 14.6 Å². The second kappa shape index (κ2) is 6.31. The minimum Gasteiger partial charge on any atom is -0.396 e. The van der Waals surface area contributed by atoms with Crippen LogP contribution in [0.4, 0.5) is 4.79 Å². The number of hydrogen-bond donors (Lipinski definition) is 2. The molecule has 20 heavy (non-hydrogen) atoms. The lowest BCUT2D eigenvalue weighted by atomic mass is 9.58. The van der Waals surface area contributed by atoms with Gasteiger partial charge in [0.1, 0.15) is 0 Å². The quantitative estimate of drug-likeness (QED) is 0.806. The van der Waals surface area contributed by atoms with Gasteiger partial charge in [0.15, 0.2) is 0 Å². The molecule has 0 bridgehead atoms. The normalized spacial score (nSPS) is 32.0. The van der Waals surface area contributed by atoms with Gasteiger partial charge in [0.05, 0.1) is 6.10 Å². The number of urea groups is 1. The highest BCUT2D eigenvalue weighted by molar-refractivity contribution is 5.75. The first-order chi connectivity index (χ1) is 9.61. The Labute approximate surface area is 121 Å². The standard InChI is InChI=1S/C15H28N2O3/c1-4-15(5-2)12(8-13(15)20-3)16-14(19)17-7-6-11(9-17)10-18/h11-13,18H,4-10H2,1-3H3,(H,16,19). The molecule has 5 heteroatoms. The van der Waals surface area contributed by atoms with Gasteiger partial charge in [-0.05, 0) is 25.7 Å². The number of amides is 2. The fourth-order valence-corrected chi connectivity index (χ4v) is 3.89. The topological polar surface area (TPSA) is 61.8 Å². The molecule has 1 saturated carbocycles. The highest BCUT2D eigenvalue weighted by atomic mass is 16.5. The smallest absolute Gasteiger partial charge is 0.317 e. The van der Waals surface area contributed by atoms with Gasteiger partial charge in [-0.3, -0.25) is 0 Å². The molecule has 0 spiro atoms. The number of carbonyl (C=O) groups is 1. The molecule has 1 saturated heterocycles. The minimum atomic E-state index is 0.0202. The van der Waals surface area contributed by atoms with E-state index >= 15 is 0 Å². The molecule has 0 aromatic carbocycles. The first-order valence-corrected chi connectivity index (χ1v) is 7.80. The Morgan fingerprint density at radius 3 is 2.65 bits per heavy atom. The van der Waals surface area contributed by atoms with Crippen LogP contribution in [0.2, 0.25) is 0 Å². The third-order valence-electron chi connectivity index (χ3n) is 5.51. The van der Waals surface area contributed by atoms with Gasteiger partial charge in [0.25, 0.3) is 0 Å². The fraction of sp³-hybridized carbons (Fsp3) is 0.933. The van der Waals surface area contributed by atoms with Crippen molar-refractivity contribution in [3.8, 4) is 0 Å². The zero-order valence-electron chi connectivity index (χ0n) is 12.9. The van der Waals surface area contributed by atoms with Crippen LogP contribution in [0.3, 0.4) is 0 Å². The number of aliphatic hydroxyl groups excluding tert-OH is 1. The van der Waals surface area contributed by atoms with Gasteiger partial charge in [-0.2, -0.15) is 0 Å². The second-order valence-electron chi connectivity index (χ2n) is 6.19. The third-order valence-corrected chi connectivity index (χ3v) is 5.51. The number of nitrogens with one attached hydrogen (secondary N) is 1. The summed E-state index contributed by atoms with van der Waals surface area (Å²) in [5.41, 5.74) is 0.0838. The Morgan fingerprint density at radius 2 is 2.15 bits per heavy atom. The monoisotopic (exact) mass is 284 g/mol. The summed E-state index contributed by atoms with van der Waals surface area (Å²) in [5, 5.41) is 12.3. The zero-order chi connectivity index (χ0) is 14.8. The average Bonchev–Trinajstić information content (AvgIpc) is 2.93. The maximum Gasteiger partial charge on any atom is 0.317 e. The SMILES string of the molecule is CCC1(CC)C(NC(=O)N2CCC(CO)C2)CC1OC. The Kier molecular flexibility index (Phi) is 4.91. The van der Waals surface area contributed by atoms with Crippen LogP contribution in [-0.2, 0) is 4.74 Å². The van der Waals surface area contributed by atoms with E-state index in [4.69, 9.17) is 9.84 Å². The fourth-order valence-electron chi connectivity index (χ4n) is 3.89. The molecule has 0 aromatic rings. The summed E-state index contributed by atoms with van der Waals surface area (Å²) in [5.74, 6) is 0.246. The summed E-state index contributed by atoms with van der Waals surface area (Å²) in [7, 11) is 1.76. The van der Waals surface area contributed by atoms with Gasteiger partial charge in [0.2, 0.25) is 0 Å². The molecule has 2 rings (SSSR count). The van der Waals surface area contributed by atoms with Crippen molar-refractivity contribution in [3.63, 3.8) is 0 Å². The predicted molar refractivity (Wildman–Crippen MR) is 77.5 cm³/mol. The Hall–Kier alpha value is -0.810. The summed E-state index contributed by atoms with van der Waals surface area (Å²) < 4.78 is 5.56. The van der Waals surface area contributed by atoms with Crippen molar-refractivity contribution >= 4 is 6.03 Å². The van der Waals surface area contributed by atoms with E-state index in [1.165, 1.54) is 0 Å². The maximum atomic E-state index is 12.3. The molecule has 0 aromatic heterocycles. The van der Waals surface area contributed by atoms with Crippen LogP contribution in [0.1, 0.15) is 39.5 Å². The minimum absolute atomic E-state index is 0.0202. The van der Waals surface area contributed by atoms with Gasteiger partial charge in [-0.25, -0.2) is 4.79 Å². The summed E-state index contributed by atoms with van der Waals surface area (Å²) in [6, 6.07) is 0.231. The van der Waals surface area contributed by atoms with Crippen molar-refractivity contribution in [2.75, 3.05) is 26.8 Å². The highest BCUT2D eigenvalue weighted by Gasteiger charge is 2.53. The molecule has 2 fully saturated rings. The largest absolute Gasteiger partial charge is 0.396 e. The van der Waals surface area contributed by atoms with Crippen molar-refractivity contribution in [2.45, 2.75) is 51.7 Å². The lowest BCUT2D eigenvalue weighted by Crippen LogP contribution is -2.65. The van der Waals surface area contributed by atoms with E-state index in [0.29, 0.717) is 6.54 Å². The molecule has 1 heterocycles. The zero-order valence-corrected chi connectivity index (χ0v) is 12.9. The van der Waals surface area contributed by atoms with E-state index in [-0.39, 0.29) is 36.1 Å². The number of ether oxygens (including phenoxy) is 1. The number of carbonyl (C=O) groups excluding carboxylic acids is 1. The van der Waals surface area contributed by atoms with Crippen LogP contribution in [0.15, 0.2) is 0 Å². The second-order valence-corrected chi connectivity index (χ2v) is 6.19. The molecule has 116 valence electrons. The molecule has 2 aliphatic rings. The highest BCUT2D eigenvalue weighted by Crippen LogP contribution is 2.48. The lowest BCUT2D eigenvalue weighted by Gasteiger charge is -2.55. The Bertz CT molecular complexity index is 344. The molecule has 0 radical (unpaired) electrons. The predicted octanol–water partition coefficient (Wildman–Crippen LogP) is 1.60. The van der Waals surface area contributed by atoms with Gasteiger partial charge in [0, 0.05) is 44.2 Å². The summed E-state index contributed by atoms with van der Waals surface area (Å²) in [6.07, 6.45) is 4.10. The number of hydrogen-bond acceptors (Lipinski definition) is 3. The van der Waals surface area contributed by atoms with Gasteiger partial charge < -0.3 is 20.1 Å². The van der Waals surface area contributed by atoms with E-state index < -0.39 is 0 Å². The van der Waals surface area contributed by atoms with E-state index in [9.17, 15) is 4.79 Å². The van der Waals surface area contributed by atoms with Gasteiger partial charge in [-0.1, -0.05) is 13.8 Å². The molecule has 2 amide bonds. The van der Waals surface area contributed by atoms with Crippen LogP contribution in [0.5, 0.6) is 0 Å². The van der Waals surface area contributed by atoms with E-state index in [0.717, 1.165) is 32.2 Å². The van der Waals surface area contributed by atoms with Gasteiger partial charge >= 0.3 is 6.03 Å².